The van der Waals surface area contributed by atoms with Gasteiger partial charge in [-0.3, -0.25) is 0 Å². The second-order valence-corrected chi connectivity index (χ2v) is 13.6. The molecule has 1 aromatic carbocycles. The number of hydrogen-bond donors (Lipinski definition) is 4. The minimum absolute atomic E-state index is 0.0685. The number of phenolic OH excluding ortho intramolecular Hbond substituents is 1. The van der Waals surface area contributed by atoms with Crippen molar-refractivity contribution in [3.05, 3.63) is 71.4 Å². The van der Waals surface area contributed by atoms with E-state index in [2.05, 4.69) is 36.5 Å². The fraction of sp³-hybridized carbons (Fsp3) is 0.595. The van der Waals surface area contributed by atoms with Crippen molar-refractivity contribution in [2.75, 3.05) is 26.3 Å². The average Bonchev–Trinajstić information content (AvgIpc) is 3.72. The van der Waals surface area contributed by atoms with Crippen LogP contribution in [0.2, 0.25) is 0 Å². The molecule has 1 spiro atoms. The van der Waals surface area contributed by atoms with Crippen LogP contribution in [0.5, 0.6) is 11.5 Å². The molecular weight excluding hydrogens is 552 g/mol. The van der Waals surface area contributed by atoms with Gasteiger partial charge in [0, 0.05) is 37.5 Å². The minimum Gasteiger partial charge on any atom is -0.504 e. The fourth-order valence-corrected chi connectivity index (χ4v) is 8.31. The molecule has 0 aromatic heterocycles. The van der Waals surface area contributed by atoms with Gasteiger partial charge in [-0.15, -0.1) is 16.6 Å². The molecule has 6 aliphatic rings. The van der Waals surface area contributed by atoms with Gasteiger partial charge in [-0.2, -0.15) is 0 Å². The van der Waals surface area contributed by atoms with Crippen LogP contribution in [0.3, 0.4) is 0 Å². The molecule has 2 aliphatic heterocycles. The molecule has 7 heteroatoms. The highest BCUT2D eigenvalue weighted by atomic mass is 16.5. The van der Waals surface area contributed by atoms with Crippen molar-refractivity contribution in [2.24, 2.45) is 28.2 Å². The molecule has 2 heterocycles. The second-order valence-electron chi connectivity index (χ2n) is 13.6. The molecule has 4 aliphatic carbocycles. The molecule has 5 N–H and O–H groups in total. The Bertz CT molecular complexity index is 1280. The summed E-state index contributed by atoms with van der Waals surface area (Å²) in [6.45, 7) is 5.99. The second kappa shape index (κ2) is 13.7. The summed E-state index contributed by atoms with van der Waals surface area (Å²) in [5.41, 5.74) is 4.60. The Hall–Kier alpha value is -2.71. The van der Waals surface area contributed by atoms with Crippen LogP contribution in [0.4, 0.5) is 0 Å². The van der Waals surface area contributed by atoms with Crippen LogP contribution < -0.4 is 10.1 Å². The van der Waals surface area contributed by atoms with Crippen LogP contribution in [0, 0.1) is 35.2 Å². The van der Waals surface area contributed by atoms with Crippen molar-refractivity contribution >= 4 is 5.71 Å². The molecule has 44 heavy (non-hydrogen) atoms. The van der Waals surface area contributed by atoms with E-state index in [0.29, 0.717) is 43.1 Å². The van der Waals surface area contributed by atoms with Crippen LogP contribution in [0.15, 0.2) is 58.8 Å². The highest BCUT2D eigenvalue weighted by Crippen LogP contribution is 2.61. The summed E-state index contributed by atoms with van der Waals surface area (Å²) in [5, 5.41) is 33.7. The minimum atomic E-state index is -0.361. The van der Waals surface area contributed by atoms with Crippen molar-refractivity contribution in [1.29, 1.82) is 0 Å². The first-order valence-corrected chi connectivity index (χ1v) is 17.0. The van der Waals surface area contributed by atoms with E-state index in [1.54, 1.807) is 6.07 Å². The normalized spacial score (nSPS) is 29.3. The van der Waals surface area contributed by atoms with E-state index >= 15 is 0 Å². The van der Waals surface area contributed by atoms with E-state index in [1.807, 2.05) is 19.1 Å². The third kappa shape index (κ3) is 6.48. The van der Waals surface area contributed by atoms with E-state index in [-0.39, 0.29) is 30.0 Å². The van der Waals surface area contributed by atoms with Crippen LogP contribution in [-0.2, 0) is 6.42 Å². The number of aliphatic hydroxyl groups excluding tert-OH is 2. The van der Waals surface area contributed by atoms with E-state index in [1.165, 1.54) is 37.3 Å². The number of rotatable bonds is 15. The van der Waals surface area contributed by atoms with Crippen LogP contribution in [-0.4, -0.2) is 64.3 Å². The maximum absolute atomic E-state index is 10.5. The summed E-state index contributed by atoms with van der Waals surface area (Å²) in [7, 11) is 0. The van der Waals surface area contributed by atoms with Crippen molar-refractivity contribution in [1.82, 2.24) is 5.32 Å². The number of phenols is 1. The third-order valence-corrected chi connectivity index (χ3v) is 10.6. The zero-order chi connectivity index (χ0) is 30.7. The molecule has 6 atom stereocenters. The van der Waals surface area contributed by atoms with Gasteiger partial charge >= 0.3 is 0 Å². The Balaban J connectivity index is 1.06. The largest absolute Gasteiger partial charge is 0.504 e. The SMILES string of the molecule is CCCCC1[OH+][C-](CCc2ccc(O)c(OCCC3=C[C+]4C(=N3)[C@H]3C=C[C@@]5(CCC[C@@H]5C3)[C@H]4CNC[C@H](C)O)c2)C=C1CO. The van der Waals surface area contributed by atoms with Gasteiger partial charge in [0.15, 0.2) is 22.9 Å². The molecule has 0 saturated heterocycles. The maximum Gasteiger partial charge on any atom is 0.178 e. The molecular formula is C37H51N2O5+. The van der Waals surface area contributed by atoms with Gasteiger partial charge in [0.1, 0.15) is 24.7 Å². The first-order valence-electron chi connectivity index (χ1n) is 17.0. The first kappa shape index (κ1) is 31.3. The van der Waals surface area contributed by atoms with Crippen LogP contribution in [0.1, 0.15) is 77.2 Å². The number of allylic oxidation sites excluding steroid dienone is 3. The Morgan fingerprint density at radius 2 is 2.18 bits per heavy atom. The quantitative estimate of drug-likeness (QED) is 0.120. The summed E-state index contributed by atoms with van der Waals surface area (Å²) in [6, 6.07) is 5.60. The molecule has 2 bridgehead atoms. The van der Waals surface area contributed by atoms with Gasteiger partial charge < -0.3 is 30.1 Å². The number of aliphatic hydroxyl groups is 4. The molecule has 1 aromatic rings. The lowest BCUT2D eigenvalue weighted by Gasteiger charge is -2.39. The number of nitrogens with one attached hydrogen (secondary N) is 1. The molecule has 1 unspecified atom stereocenters. The summed E-state index contributed by atoms with van der Waals surface area (Å²) < 4.78 is 11.0. The molecule has 0 radical (unpaired) electrons. The van der Waals surface area contributed by atoms with E-state index in [4.69, 9.17) is 14.5 Å². The smallest absolute Gasteiger partial charge is 0.178 e. The van der Waals surface area contributed by atoms with E-state index in [0.717, 1.165) is 61.6 Å². The van der Waals surface area contributed by atoms with Crippen molar-refractivity contribution in [2.45, 2.75) is 90.3 Å². The topological polar surface area (TPSA) is 107 Å². The fourth-order valence-electron chi connectivity index (χ4n) is 8.31. The number of hydrogen-bond acceptors (Lipinski definition) is 6. The number of ether oxygens (including phenoxy) is 2. The van der Waals surface area contributed by atoms with Gasteiger partial charge in [0.25, 0.3) is 0 Å². The van der Waals surface area contributed by atoms with Gasteiger partial charge in [-0.1, -0.05) is 38.0 Å². The standard InChI is InChI=1S/C37H50N2O5/c1-3-4-7-34-27(23-40)19-30(44-34)10-8-25-9-11-33(42)35(17-25)43-16-13-29-20-31-32(22-38-21-24(2)41)37-14-5-6-28(37)18-26(12-15-37)36(31)39-29/h9,11-12,15,17,19-20,24,26,28,32,34,38,40-41,44H,3-8,10,13-14,16,18,21-23H2,1-2H3/p+1/t24-,26-,28+,32-,34?,37+/m0/s1. The maximum atomic E-state index is 10.5. The molecule has 0 amide bonds. The number of benzene rings is 1. The van der Waals surface area contributed by atoms with Crippen LogP contribution >= 0.6 is 0 Å². The van der Waals surface area contributed by atoms with Gasteiger partial charge in [-0.25, -0.2) is 0 Å². The average molecular weight is 604 g/mol. The third-order valence-electron chi connectivity index (χ3n) is 10.6. The number of aryl methyl sites for hydroxylation is 1. The zero-order valence-corrected chi connectivity index (χ0v) is 26.5. The van der Waals surface area contributed by atoms with Crippen LogP contribution in [0.25, 0.3) is 0 Å². The zero-order valence-electron chi connectivity index (χ0n) is 26.5. The predicted octanol–water partition coefficient (Wildman–Crippen LogP) is 5.52. The number of unbranched alkanes of at least 4 members (excludes halogenated alkanes) is 1. The Kier molecular flexibility index (Phi) is 9.77. The summed E-state index contributed by atoms with van der Waals surface area (Å²) in [4.78, 5) is 5.18. The summed E-state index contributed by atoms with van der Waals surface area (Å²) >= 11 is 0. The van der Waals surface area contributed by atoms with Crippen molar-refractivity contribution < 1.29 is 24.8 Å². The first-order chi connectivity index (χ1) is 21.4. The van der Waals surface area contributed by atoms with Gasteiger partial charge in [0.05, 0.1) is 24.5 Å². The summed E-state index contributed by atoms with van der Waals surface area (Å²) in [6.07, 6.45) is 20.6. The van der Waals surface area contributed by atoms with E-state index in [9.17, 15) is 15.3 Å². The van der Waals surface area contributed by atoms with Crippen molar-refractivity contribution in [3.8, 4) is 11.5 Å². The molecule has 238 valence electrons. The Morgan fingerprint density at radius 3 is 3.00 bits per heavy atom. The number of aliphatic imine (C=N–C) groups is 1. The molecule has 2 fully saturated rings. The molecule has 2 saturated carbocycles. The van der Waals surface area contributed by atoms with E-state index < -0.39 is 0 Å². The Labute approximate surface area is 263 Å². The van der Waals surface area contributed by atoms with Gasteiger partial charge in [0.2, 0.25) is 0 Å². The summed E-state index contributed by atoms with van der Waals surface area (Å²) in [5.74, 6) is 3.50. The molecule has 7 nitrogen and oxygen atoms in total. The lowest BCUT2D eigenvalue weighted by molar-refractivity contribution is -0.0550. The highest BCUT2D eigenvalue weighted by Gasteiger charge is 2.60. The predicted molar refractivity (Wildman–Crippen MR) is 174 cm³/mol. The number of aromatic hydroxyl groups is 1. The van der Waals surface area contributed by atoms with Gasteiger partial charge in [-0.05, 0) is 69.1 Å². The number of nitrogens with zero attached hydrogens (tertiary/aromatic N) is 1. The lowest BCUT2D eigenvalue weighted by atomic mass is 9.63. The monoisotopic (exact) mass is 603 g/mol. The van der Waals surface area contributed by atoms with Crippen molar-refractivity contribution in [3.63, 3.8) is 0 Å². The Morgan fingerprint density at radius 1 is 1.30 bits per heavy atom. The lowest BCUT2D eigenvalue weighted by Crippen LogP contribution is -2.42. The highest BCUT2D eigenvalue weighted by molar-refractivity contribution is 6.06. The molecule has 7 rings (SSSR count).